The van der Waals surface area contributed by atoms with Gasteiger partial charge in [0.25, 0.3) is 5.91 Å². The minimum atomic E-state index is -0.260. The van der Waals surface area contributed by atoms with Crippen molar-refractivity contribution in [2.24, 2.45) is 5.10 Å². The molecule has 0 aliphatic heterocycles. The van der Waals surface area contributed by atoms with Gasteiger partial charge in [-0.3, -0.25) is 4.79 Å². The summed E-state index contributed by atoms with van der Waals surface area (Å²) < 4.78 is 0. The molecule has 3 rings (SSSR count). The van der Waals surface area contributed by atoms with E-state index in [-0.39, 0.29) is 5.91 Å². The molecular formula is C19H17N3O. The van der Waals surface area contributed by atoms with Crippen LogP contribution in [0.25, 0.3) is 10.8 Å². The summed E-state index contributed by atoms with van der Waals surface area (Å²) in [6.45, 7) is 1.88. The normalized spacial score (nSPS) is 11.4. The zero-order chi connectivity index (χ0) is 16.2. The van der Waals surface area contributed by atoms with E-state index in [4.69, 9.17) is 5.73 Å². The molecule has 23 heavy (non-hydrogen) atoms. The Hall–Kier alpha value is -3.14. The molecule has 0 heterocycles. The number of nitrogens with zero attached hydrogens (tertiary/aromatic N) is 1. The maximum atomic E-state index is 12.1. The number of carbonyl (C=O) groups is 1. The molecule has 0 spiro atoms. The number of hydrazone groups is 1. The van der Waals surface area contributed by atoms with Crippen molar-refractivity contribution in [3.8, 4) is 0 Å². The Balaban J connectivity index is 1.84. The molecule has 0 fully saturated rings. The summed E-state index contributed by atoms with van der Waals surface area (Å²) >= 11 is 0. The van der Waals surface area contributed by atoms with E-state index in [1.165, 1.54) is 0 Å². The van der Waals surface area contributed by atoms with E-state index in [0.717, 1.165) is 22.0 Å². The average molecular weight is 303 g/mol. The first-order chi connectivity index (χ1) is 11.1. The van der Waals surface area contributed by atoms with Gasteiger partial charge in [0.2, 0.25) is 0 Å². The molecule has 0 saturated heterocycles. The number of rotatable bonds is 3. The lowest BCUT2D eigenvalue weighted by molar-refractivity contribution is 0.0955. The zero-order valence-corrected chi connectivity index (χ0v) is 12.8. The Morgan fingerprint density at radius 1 is 0.957 bits per heavy atom. The van der Waals surface area contributed by atoms with Gasteiger partial charge < -0.3 is 5.73 Å². The van der Waals surface area contributed by atoms with Gasteiger partial charge in [0, 0.05) is 16.8 Å². The van der Waals surface area contributed by atoms with Gasteiger partial charge in [-0.15, -0.1) is 0 Å². The molecule has 4 nitrogen and oxygen atoms in total. The Bertz CT molecular complexity index is 877. The molecule has 0 radical (unpaired) electrons. The number of benzene rings is 3. The van der Waals surface area contributed by atoms with E-state index in [0.29, 0.717) is 11.3 Å². The topological polar surface area (TPSA) is 67.5 Å². The summed E-state index contributed by atoms with van der Waals surface area (Å²) in [6.07, 6.45) is 0. The third-order valence-electron chi connectivity index (χ3n) is 3.68. The van der Waals surface area contributed by atoms with Crippen molar-refractivity contribution < 1.29 is 4.79 Å². The van der Waals surface area contributed by atoms with Gasteiger partial charge in [-0.25, -0.2) is 5.43 Å². The summed E-state index contributed by atoms with van der Waals surface area (Å²) in [5, 5.41) is 6.48. The standard InChI is InChI=1S/C19H17N3O/c1-13(17-8-4-6-14-5-2-3-7-18(14)17)21-22-19(23)15-9-11-16(20)12-10-15/h2-12H,20H2,1H3,(H,22,23)/b21-13+. The fraction of sp³-hybridized carbons (Fsp3) is 0.0526. The van der Waals surface area contributed by atoms with Crippen LogP contribution in [0.1, 0.15) is 22.8 Å². The van der Waals surface area contributed by atoms with Crippen molar-refractivity contribution in [1.29, 1.82) is 0 Å². The summed E-state index contributed by atoms with van der Waals surface area (Å²) in [4.78, 5) is 12.1. The minimum Gasteiger partial charge on any atom is -0.399 e. The first-order valence-corrected chi connectivity index (χ1v) is 7.33. The van der Waals surface area contributed by atoms with E-state index >= 15 is 0 Å². The number of anilines is 1. The third-order valence-corrected chi connectivity index (χ3v) is 3.68. The van der Waals surface area contributed by atoms with E-state index in [1.807, 2.05) is 37.3 Å². The van der Waals surface area contributed by atoms with Crippen LogP contribution in [0, 0.1) is 0 Å². The van der Waals surface area contributed by atoms with Crippen LogP contribution in [-0.2, 0) is 0 Å². The minimum absolute atomic E-state index is 0.260. The van der Waals surface area contributed by atoms with Gasteiger partial charge >= 0.3 is 0 Å². The van der Waals surface area contributed by atoms with Crippen LogP contribution in [0.15, 0.2) is 71.8 Å². The van der Waals surface area contributed by atoms with Gasteiger partial charge in [-0.2, -0.15) is 5.10 Å². The predicted octanol–water partition coefficient (Wildman–Crippen LogP) is 3.58. The molecule has 3 aromatic rings. The highest BCUT2D eigenvalue weighted by Crippen LogP contribution is 2.19. The molecule has 4 heteroatoms. The lowest BCUT2D eigenvalue weighted by atomic mass is 10.0. The molecule has 3 N–H and O–H groups in total. The number of nitrogen functional groups attached to an aromatic ring is 1. The molecule has 1 amide bonds. The second-order valence-electron chi connectivity index (χ2n) is 5.29. The smallest absolute Gasteiger partial charge is 0.271 e. The summed E-state index contributed by atoms with van der Waals surface area (Å²) in [7, 11) is 0. The molecule has 0 aliphatic rings. The highest BCUT2D eigenvalue weighted by molar-refractivity contribution is 6.10. The van der Waals surface area contributed by atoms with Crippen LogP contribution in [0.5, 0.6) is 0 Å². The fourth-order valence-corrected chi connectivity index (χ4v) is 2.43. The summed E-state index contributed by atoms with van der Waals surface area (Å²) in [5.41, 5.74) is 11.1. The SMILES string of the molecule is C/C(=N\NC(=O)c1ccc(N)cc1)c1cccc2ccccc12. The number of fused-ring (bicyclic) bond motifs is 1. The van der Waals surface area contributed by atoms with Crippen molar-refractivity contribution >= 4 is 28.1 Å². The number of nitrogens with one attached hydrogen (secondary N) is 1. The van der Waals surface area contributed by atoms with Crippen molar-refractivity contribution in [2.75, 3.05) is 5.73 Å². The van der Waals surface area contributed by atoms with E-state index in [1.54, 1.807) is 24.3 Å². The number of amides is 1. The molecule has 0 aliphatic carbocycles. The fourth-order valence-electron chi connectivity index (χ4n) is 2.43. The Morgan fingerprint density at radius 3 is 2.43 bits per heavy atom. The van der Waals surface area contributed by atoms with E-state index < -0.39 is 0 Å². The van der Waals surface area contributed by atoms with Crippen LogP contribution >= 0.6 is 0 Å². The summed E-state index contributed by atoms with van der Waals surface area (Å²) in [5.74, 6) is -0.260. The lowest BCUT2D eigenvalue weighted by Gasteiger charge is -2.07. The summed E-state index contributed by atoms with van der Waals surface area (Å²) in [6, 6.07) is 20.9. The zero-order valence-electron chi connectivity index (χ0n) is 12.8. The Labute approximate surface area is 134 Å². The van der Waals surface area contributed by atoms with Crippen LogP contribution in [-0.4, -0.2) is 11.6 Å². The molecule has 0 bridgehead atoms. The van der Waals surface area contributed by atoms with Crippen LogP contribution in [0.2, 0.25) is 0 Å². The van der Waals surface area contributed by atoms with Gasteiger partial charge in [0.1, 0.15) is 0 Å². The number of carbonyl (C=O) groups excluding carboxylic acids is 1. The van der Waals surface area contributed by atoms with Crippen molar-refractivity contribution in [3.05, 3.63) is 77.9 Å². The van der Waals surface area contributed by atoms with Gasteiger partial charge in [-0.1, -0.05) is 42.5 Å². The van der Waals surface area contributed by atoms with E-state index in [9.17, 15) is 4.79 Å². The number of hydrogen-bond donors (Lipinski definition) is 2. The van der Waals surface area contributed by atoms with Crippen LogP contribution in [0.3, 0.4) is 0 Å². The largest absolute Gasteiger partial charge is 0.399 e. The maximum absolute atomic E-state index is 12.1. The number of nitrogens with two attached hydrogens (primary N) is 1. The van der Waals surface area contributed by atoms with Crippen LogP contribution < -0.4 is 11.2 Å². The molecule has 0 saturated carbocycles. The Kier molecular flexibility index (Phi) is 4.06. The molecule has 0 unspecified atom stereocenters. The quantitative estimate of drug-likeness (QED) is 0.441. The first-order valence-electron chi connectivity index (χ1n) is 7.33. The molecule has 114 valence electrons. The monoisotopic (exact) mass is 303 g/mol. The Morgan fingerprint density at radius 2 is 1.65 bits per heavy atom. The van der Waals surface area contributed by atoms with Gasteiger partial charge in [0.15, 0.2) is 0 Å². The van der Waals surface area contributed by atoms with Crippen molar-refractivity contribution in [1.82, 2.24) is 5.43 Å². The predicted molar refractivity (Wildman–Crippen MR) is 94.5 cm³/mol. The molecule has 0 aromatic heterocycles. The van der Waals surface area contributed by atoms with Gasteiger partial charge in [0.05, 0.1) is 5.71 Å². The highest BCUT2D eigenvalue weighted by Gasteiger charge is 2.06. The van der Waals surface area contributed by atoms with Crippen molar-refractivity contribution in [3.63, 3.8) is 0 Å². The highest BCUT2D eigenvalue weighted by atomic mass is 16.2. The van der Waals surface area contributed by atoms with Gasteiger partial charge in [-0.05, 0) is 42.0 Å². The second-order valence-corrected chi connectivity index (χ2v) is 5.29. The van der Waals surface area contributed by atoms with Crippen molar-refractivity contribution in [2.45, 2.75) is 6.92 Å². The molecular weight excluding hydrogens is 286 g/mol. The second kappa shape index (κ2) is 6.32. The van der Waals surface area contributed by atoms with E-state index in [2.05, 4.69) is 22.7 Å². The number of hydrogen-bond acceptors (Lipinski definition) is 3. The first kappa shape index (κ1) is 14.8. The lowest BCUT2D eigenvalue weighted by Crippen LogP contribution is -2.19. The molecule has 0 atom stereocenters. The average Bonchev–Trinajstić information content (AvgIpc) is 2.59. The third kappa shape index (κ3) is 3.21. The van der Waals surface area contributed by atoms with Crippen LogP contribution in [0.4, 0.5) is 5.69 Å². The molecule has 3 aromatic carbocycles. The maximum Gasteiger partial charge on any atom is 0.271 e.